The van der Waals surface area contributed by atoms with Gasteiger partial charge in [-0.2, -0.15) is 0 Å². The number of pyridine rings is 1. The first-order valence-electron chi connectivity index (χ1n) is 5.35. The van der Waals surface area contributed by atoms with Gasteiger partial charge in [0.15, 0.2) is 0 Å². The molecule has 1 aromatic heterocycles. The Labute approximate surface area is 126 Å². The third-order valence-corrected chi connectivity index (χ3v) is 3.47. The second-order valence-corrected chi connectivity index (χ2v) is 5.40. The van der Waals surface area contributed by atoms with Crippen molar-refractivity contribution < 1.29 is 4.92 Å². The number of nitro groups is 1. The standard InChI is InChI=1S/C12H9Br2N3O2/c13-10-6-8(4-5-11(10)17(18)19)15-7-9-2-1-3-12(14)16-9/h1-6,15H,7H2. The molecule has 0 bridgehead atoms. The Hall–Kier alpha value is -1.47. The van der Waals surface area contributed by atoms with E-state index >= 15 is 0 Å². The van der Waals surface area contributed by atoms with Crippen molar-refractivity contribution in [3.8, 4) is 0 Å². The summed E-state index contributed by atoms with van der Waals surface area (Å²) in [5.41, 5.74) is 1.72. The van der Waals surface area contributed by atoms with Crippen molar-refractivity contribution >= 4 is 43.2 Å². The van der Waals surface area contributed by atoms with Crippen molar-refractivity contribution in [3.05, 3.63) is 61.3 Å². The van der Waals surface area contributed by atoms with Gasteiger partial charge in [-0.15, -0.1) is 0 Å². The highest BCUT2D eigenvalue weighted by atomic mass is 79.9. The van der Waals surface area contributed by atoms with Gasteiger partial charge in [0.1, 0.15) is 4.60 Å². The van der Waals surface area contributed by atoms with Crippen LogP contribution < -0.4 is 5.32 Å². The number of aromatic nitrogens is 1. The Kier molecular flexibility index (Phi) is 4.49. The quantitative estimate of drug-likeness (QED) is 0.487. The van der Waals surface area contributed by atoms with E-state index in [2.05, 4.69) is 42.2 Å². The lowest BCUT2D eigenvalue weighted by atomic mass is 10.2. The molecule has 0 atom stereocenters. The molecule has 1 aromatic carbocycles. The van der Waals surface area contributed by atoms with E-state index in [0.29, 0.717) is 11.0 Å². The number of halogens is 2. The minimum Gasteiger partial charge on any atom is -0.379 e. The molecule has 0 aliphatic rings. The number of rotatable bonds is 4. The summed E-state index contributed by atoms with van der Waals surface area (Å²) in [5, 5.41) is 13.8. The molecule has 1 heterocycles. The summed E-state index contributed by atoms with van der Waals surface area (Å²) in [7, 11) is 0. The molecule has 0 amide bonds. The van der Waals surface area contributed by atoms with Crippen molar-refractivity contribution in [2.24, 2.45) is 0 Å². The van der Waals surface area contributed by atoms with Crippen molar-refractivity contribution in [2.45, 2.75) is 6.54 Å². The summed E-state index contributed by atoms with van der Waals surface area (Å²) in [5.74, 6) is 0. The van der Waals surface area contributed by atoms with Gasteiger partial charge < -0.3 is 5.32 Å². The van der Waals surface area contributed by atoms with E-state index in [1.807, 2.05) is 18.2 Å². The molecule has 0 aliphatic heterocycles. The molecule has 0 aliphatic carbocycles. The molecule has 2 rings (SSSR count). The summed E-state index contributed by atoms with van der Waals surface area (Å²) in [6, 6.07) is 10.5. The van der Waals surface area contributed by atoms with Crippen molar-refractivity contribution in [1.82, 2.24) is 4.98 Å². The monoisotopic (exact) mass is 385 g/mol. The first-order chi connectivity index (χ1) is 9.06. The normalized spacial score (nSPS) is 10.2. The average molecular weight is 387 g/mol. The molecule has 7 heteroatoms. The van der Waals surface area contributed by atoms with E-state index in [0.717, 1.165) is 16.0 Å². The molecule has 19 heavy (non-hydrogen) atoms. The highest BCUT2D eigenvalue weighted by Gasteiger charge is 2.11. The molecule has 2 aromatic rings. The minimum atomic E-state index is -0.427. The number of nitro benzene ring substituents is 1. The molecular weight excluding hydrogens is 378 g/mol. The van der Waals surface area contributed by atoms with Crippen LogP contribution in [0.1, 0.15) is 5.69 Å². The molecule has 1 N–H and O–H groups in total. The number of anilines is 1. The largest absolute Gasteiger partial charge is 0.379 e. The lowest BCUT2D eigenvalue weighted by Gasteiger charge is -2.06. The number of hydrogen-bond donors (Lipinski definition) is 1. The maximum Gasteiger partial charge on any atom is 0.283 e. The van der Waals surface area contributed by atoms with Crippen LogP contribution in [0.4, 0.5) is 11.4 Å². The highest BCUT2D eigenvalue weighted by molar-refractivity contribution is 9.10. The Morgan fingerprint density at radius 1 is 1.26 bits per heavy atom. The molecule has 0 unspecified atom stereocenters. The summed E-state index contributed by atoms with van der Waals surface area (Å²) in [4.78, 5) is 14.6. The van der Waals surface area contributed by atoms with Gasteiger partial charge in [0.05, 0.1) is 21.6 Å². The van der Waals surface area contributed by atoms with E-state index < -0.39 is 4.92 Å². The predicted molar refractivity (Wildman–Crippen MR) is 80.1 cm³/mol. The molecular formula is C12H9Br2N3O2. The average Bonchev–Trinajstić information content (AvgIpc) is 2.36. The Bertz CT molecular complexity index is 620. The molecule has 0 saturated carbocycles. The van der Waals surface area contributed by atoms with Crippen LogP contribution in [0.5, 0.6) is 0 Å². The fraction of sp³-hybridized carbons (Fsp3) is 0.0833. The smallest absolute Gasteiger partial charge is 0.283 e. The summed E-state index contributed by atoms with van der Waals surface area (Å²) < 4.78 is 1.22. The Morgan fingerprint density at radius 2 is 2.05 bits per heavy atom. The topological polar surface area (TPSA) is 68.1 Å². The Morgan fingerprint density at radius 3 is 2.68 bits per heavy atom. The fourth-order valence-electron chi connectivity index (χ4n) is 1.51. The third-order valence-electron chi connectivity index (χ3n) is 2.39. The van der Waals surface area contributed by atoms with Gasteiger partial charge >= 0.3 is 0 Å². The zero-order valence-corrected chi connectivity index (χ0v) is 12.8. The zero-order chi connectivity index (χ0) is 13.8. The van der Waals surface area contributed by atoms with E-state index in [9.17, 15) is 10.1 Å². The molecule has 98 valence electrons. The van der Waals surface area contributed by atoms with Gasteiger partial charge in [0.25, 0.3) is 5.69 Å². The van der Waals surface area contributed by atoms with Crippen molar-refractivity contribution in [1.29, 1.82) is 0 Å². The second-order valence-electron chi connectivity index (χ2n) is 3.73. The summed E-state index contributed by atoms with van der Waals surface area (Å²) >= 11 is 6.48. The van der Waals surface area contributed by atoms with Crippen LogP contribution in [-0.2, 0) is 6.54 Å². The highest BCUT2D eigenvalue weighted by Crippen LogP contribution is 2.27. The van der Waals surface area contributed by atoms with Crippen molar-refractivity contribution in [3.63, 3.8) is 0 Å². The van der Waals surface area contributed by atoms with Gasteiger partial charge in [-0.25, -0.2) is 4.98 Å². The van der Waals surface area contributed by atoms with Crippen LogP contribution in [0.3, 0.4) is 0 Å². The second kappa shape index (κ2) is 6.12. The SMILES string of the molecule is O=[N+]([O-])c1ccc(NCc2cccc(Br)n2)cc1Br. The van der Waals surface area contributed by atoms with Gasteiger partial charge in [0.2, 0.25) is 0 Å². The van der Waals surface area contributed by atoms with Crippen LogP contribution in [0, 0.1) is 10.1 Å². The molecule has 5 nitrogen and oxygen atoms in total. The van der Waals surface area contributed by atoms with Gasteiger partial charge in [-0.3, -0.25) is 10.1 Å². The first kappa shape index (κ1) is 14.0. The molecule has 0 saturated heterocycles. The molecule has 0 fully saturated rings. The van der Waals surface area contributed by atoms with Crippen LogP contribution in [0.15, 0.2) is 45.5 Å². The van der Waals surface area contributed by atoms with E-state index in [4.69, 9.17) is 0 Å². The molecule has 0 spiro atoms. The van der Waals surface area contributed by atoms with Crippen LogP contribution in [0.25, 0.3) is 0 Å². The van der Waals surface area contributed by atoms with E-state index in [1.54, 1.807) is 12.1 Å². The predicted octanol–water partition coefficient (Wildman–Crippen LogP) is 4.13. The number of hydrogen-bond acceptors (Lipinski definition) is 4. The number of nitrogens with zero attached hydrogens (tertiary/aromatic N) is 2. The lowest BCUT2D eigenvalue weighted by molar-refractivity contribution is -0.385. The zero-order valence-electron chi connectivity index (χ0n) is 9.64. The Balaban J connectivity index is 2.08. The summed E-state index contributed by atoms with van der Waals surface area (Å²) in [6.07, 6.45) is 0. The van der Waals surface area contributed by atoms with E-state index in [-0.39, 0.29) is 5.69 Å². The van der Waals surface area contributed by atoms with Gasteiger partial charge in [-0.05, 0) is 56.1 Å². The van der Waals surface area contributed by atoms with Crippen LogP contribution >= 0.6 is 31.9 Å². The minimum absolute atomic E-state index is 0.0473. The maximum atomic E-state index is 10.7. The third kappa shape index (κ3) is 3.74. The summed E-state index contributed by atoms with van der Waals surface area (Å²) in [6.45, 7) is 0.545. The lowest BCUT2D eigenvalue weighted by Crippen LogP contribution is -2.02. The maximum absolute atomic E-state index is 10.7. The van der Waals surface area contributed by atoms with E-state index in [1.165, 1.54) is 6.07 Å². The number of nitrogens with one attached hydrogen (secondary N) is 1. The van der Waals surface area contributed by atoms with Crippen LogP contribution in [0.2, 0.25) is 0 Å². The van der Waals surface area contributed by atoms with Gasteiger partial charge in [-0.1, -0.05) is 6.07 Å². The number of benzene rings is 1. The van der Waals surface area contributed by atoms with Gasteiger partial charge in [0, 0.05) is 11.8 Å². The fourth-order valence-corrected chi connectivity index (χ4v) is 2.41. The molecule has 0 radical (unpaired) electrons. The van der Waals surface area contributed by atoms with Crippen molar-refractivity contribution in [2.75, 3.05) is 5.32 Å². The van der Waals surface area contributed by atoms with Crippen LogP contribution in [-0.4, -0.2) is 9.91 Å². The first-order valence-corrected chi connectivity index (χ1v) is 6.94.